The molecule has 0 unspecified atom stereocenters. The lowest BCUT2D eigenvalue weighted by Crippen LogP contribution is -2.48. The molecule has 0 amide bonds. The van der Waals surface area contributed by atoms with E-state index in [0.717, 1.165) is 6.54 Å². The normalized spacial score (nSPS) is 23.7. The molecule has 0 aromatic carbocycles. The van der Waals surface area contributed by atoms with E-state index in [1.165, 1.54) is 5.70 Å². The van der Waals surface area contributed by atoms with Gasteiger partial charge >= 0.3 is 0 Å². The first kappa shape index (κ1) is 6.46. The van der Waals surface area contributed by atoms with Crippen molar-refractivity contribution in [3.8, 4) is 0 Å². The van der Waals surface area contributed by atoms with Gasteiger partial charge < -0.3 is 10.6 Å². The van der Waals surface area contributed by atoms with E-state index in [9.17, 15) is 0 Å². The van der Waals surface area contributed by atoms with Crippen LogP contribution in [-0.2, 0) is 0 Å². The minimum atomic E-state index is 0.222. The van der Waals surface area contributed by atoms with Crippen molar-refractivity contribution >= 4 is 0 Å². The molecule has 0 saturated carbocycles. The van der Waals surface area contributed by atoms with Crippen LogP contribution in [-0.4, -0.2) is 12.1 Å². The van der Waals surface area contributed by atoms with Gasteiger partial charge in [0.1, 0.15) is 0 Å². The molecule has 9 heavy (non-hydrogen) atoms. The van der Waals surface area contributed by atoms with Crippen LogP contribution in [0.4, 0.5) is 0 Å². The molecule has 0 aromatic heterocycles. The Bertz CT molecular complexity index is 136. The summed E-state index contributed by atoms with van der Waals surface area (Å²) in [5.41, 5.74) is 1.44. The first-order valence-electron chi connectivity index (χ1n) is 3.28. The fraction of sp³-hybridized carbons (Fsp3) is 0.714. The Morgan fingerprint density at radius 2 is 2.22 bits per heavy atom. The first-order valence-corrected chi connectivity index (χ1v) is 3.28. The molecule has 0 saturated heterocycles. The molecule has 2 heteroatoms. The molecular formula is C7H14N2. The highest BCUT2D eigenvalue weighted by molar-refractivity contribution is 5.04. The van der Waals surface area contributed by atoms with E-state index in [1.54, 1.807) is 0 Å². The average Bonchev–Trinajstić information content (AvgIpc) is 1.78. The van der Waals surface area contributed by atoms with E-state index in [2.05, 4.69) is 31.4 Å². The Balaban J connectivity index is 2.56. The SMILES string of the molecule is CC1=CNC(C)(C)CN1. The zero-order chi connectivity index (χ0) is 6.91. The van der Waals surface area contributed by atoms with E-state index in [4.69, 9.17) is 0 Å². The Hall–Kier alpha value is -0.660. The van der Waals surface area contributed by atoms with Gasteiger partial charge in [-0.05, 0) is 20.8 Å². The number of rotatable bonds is 0. The third-order valence-electron chi connectivity index (χ3n) is 1.49. The van der Waals surface area contributed by atoms with E-state index < -0.39 is 0 Å². The molecule has 1 aliphatic rings. The van der Waals surface area contributed by atoms with E-state index in [1.807, 2.05) is 6.20 Å². The molecule has 0 aromatic rings. The molecule has 52 valence electrons. The van der Waals surface area contributed by atoms with Crippen molar-refractivity contribution < 1.29 is 0 Å². The zero-order valence-electron chi connectivity index (χ0n) is 6.28. The van der Waals surface area contributed by atoms with Gasteiger partial charge in [0.25, 0.3) is 0 Å². The van der Waals surface area contributed by atoms with Crippen LogP contribution in [0.3, 0.4) is 0 Å². The second kappa shape index (κ2) is 1.94. The van der Waals surface area contributed by atoms with Gasteiger partial charge in [-0.3, -0.25) is 0 Å². The molecule has 2 nitrogen and oxygen atoms in total. The fourth-order valence-electron chi connectivity index (χ4n) is 0.766. The molecule has 0 spiro atoms. The lowest BCUT2D eigenvalue weighted by molar-refractivity contribution is 0.402. The predicted octanol–water partition coefficient (Wildman–Crippen LogP) is 0.819. The number of hydrogen-bond acceptors (Lipinski definition) is 2. The predicted molar refractivity (Wildman–Crippen MR) is 39.0 cm³/mol. The van der Waals surface area contributed by atoms with Gasteiger partial charge in [-0.15, -0.1) is 0 Å². The summed E-state index contributed by atoms with van der Waals surface area (Å²) >= 11 is 0. The maximum absolute atomic E-state index is 3.28. The third-order valence-corrected chi connectivity index (χ3v) is 1.49. The van der Waals surface area contributed by atoms with E-state index in [0.29, 0.717) is 0 Å². The van der Waals surface area contributed by atoms with Crippen LogP contribution in [0.15, 0.2) is 11.9 Å². The van der Waals surface area contributed by atoms with Gasteiger partial charge in [-0.2, -0.15) is 0 Å². The minimum Gasteiger partial charge on any atom is -0.385 e. The molecule has 1 heterocycles. The smallest absolute Gasteiger partial charge is 0.0484 e. The number of nitrogens with one attached hydrogen (secondary N) is 2. The molecular weight excluding hydrogens is 112 g/mol. The second-order valence-electron chi connectivity index (χ2n) is 3.21. The summed E-state index contributed by atoms with van der Waals surface area (Å²) in [4.78, 5) is 0. The lowest BCUT2D eigenvalue weighted by atomic mass is 10.0. The molecule has 0 atom stereocenters. The second-order valence-corrected chi connectivity index (χ2v) is 3.21. The lowest BCUT2D eigenvalue weighted by Gasteiger charge is -2.30. The van der Waals surface area contributed by atoms with Crippen molar-refractivity contribution in [1.82, 2.24) is 10.6 Å². The van der Waals surface area contributed by atoms with E-state index >= 15 is 0 Å². The van der Waals surface area contributed by atoms with Crippen molar-refractivity contribution in [3.05, 3.63) is 11.9 Å². The van der Waals surface area contributed by atoms with Crippen molar-refractivity contribution in [2.24, 2.45) is 0 Å². The standard InChI is InChI=1S/C7H14N2/c1-6-4-9-7(2,3)5-8-6/h4,8-9H,5H2,1-3H3. The van der Waals surface area contributed by atoms with Gasteiger partial charge in [0, 0.05) is 24.0 Å². The third kappa shape index (κ3) is 1.63. The van der Waals surface area contributed by atoms with Crippen molar-refractivity contribution in [3.63, 3.8) is 0 Å². The van der Waals surface area contributed by atoms with Crippen LogP contribution in [0.25, 0.3) is 0 Å². The highest BCUT2D eigenvalue weighted by atomic mass is 15.1. The van der Waals surface area contributed by atoms with Gasteiger partial charge in [0.05, 0.1) is 0 Å². The molecule has 2 N–H and O–H groups in total. The summed E-state index contributed by atoms with van der Waals surface area (Å²) in [7, 11) is 0. The average molecular weight is 126 g/mol. The van der Waals surface area contributed by atoms with Crippen LogP contribution >= 0.6 is 0 Å². The highest BCUT2D eigenvalue weighted by Crippen LogP contribution is 2.05. The van der Waals surface area contributed by atoms with Crippen LogP contribution < -0.4 is 10.6 Å². The van der Waals surface area contributed by atoms with Gasteiger partial charge in [-0.1, -0.05) is 0 Å². The van der Waals surface area contributed by atoms with Crippen LogP contribution in [0.5, 0.6) is 0 Å². The van der Waals surface area contributed by atoms with Crippen molar-refractivity contribution in [2.45, 2.75) is 26.3 Å². The maximum atomic E-state index is 3.28. The summed E-state index contributed by atoms with van der Waals surface area (Å²) < 4.78 is 0. The Morgan fingerprint density at radius 3 is 2.56 bits per heavy atom. The van der Waals surface area contributed by atoms with E-state index in [-0.39, 0.29) is 5.54 Å². The summed E-state index contributed by atoms with van der Waals surface area (Å²) in [5, 5.41) is 6.55. The number of allylic oxidation sites excluding steroid dienone is 1. The largest absolute Gasteiger partial charge is 0.385 e. The topological polar surface area (TPSA) is 24.1 Å². The van der Waals surface area contributed by atoms with Gasteiger partial charge in [0.2, 0.25) is 0 Å². The Labute approximate surface area is 56.3 Å². The quantitative estimate of drug-likeness (QED) is 0.502. The molecule has 0 radical (unpaired) electrons. The van der Waals surface area contributed by atoms with Crippen LogP contribution in [0, 0.1) is 0 Å². The van der Waals surface area contributed by atoms with Crippen molar-refractivity contribution in [1.29, 1.82) is 0 Å². The molecule has 1 rings (SSSR count). The molecule has 0 fully saturated rings. The molecule has 0 aliphatic carbocycles. The summed E-state index contributed by atoms with van der Waals surface area (Å²) in [5.74, 6) is 0. The first-order chi connectivity index (χ1) is 4.10. The van der Waals surface area contributed by atoms with Crippen LogP contribution in [0.1, 0.15) is 20.8 Å². The summed E-state index contributed by atoms with van der Waals surface area (Å²) in [6, 6.07) is 0. The van der Waals surface area contributed by atoms with Crippen molar-refractivity contribution in [2.75, 3.05) is 6.54 Å². The fourth-order valence-corrected chi connectivity index (χ4v) is 0.766. The van der Waals surface area contributed by atoms with Crippen LogP contribution in [0.2, 0.25) is 0 Å². The minimum absolute atomic E-state index is 0.222. The highest BCUT2D eigenvalue weighted by Gasteiger charge is 2.17. The summed E-state index contributed by atoms with van der Waals surface area (Å²) in [6.45, 7) is 7.41. The molecule has 1 aliphatic heterocycles. The number of hydrogen-bond donors (Lipinski definition) is 2. The molecule has 0 bridgehead atoms. The summed E-state index contributed by atoms with van der Waals surface area (Å²) in [6.07, 6.45) is 2.02. The van der Waals surface area contributed by atoms with Gasteiger partial charge in [-0.25, -0.2) is 0 Å². The zero-order valence-corrected chi connectivity index (χ0v) is 6.28. The monoisotopic (exact) mass is 126 g/mol. The Kier molecular flexibility index (Phi) is 1.39. The van der Waals surface area contributed by atoms with Gasteiger partial charge in [0.15, 0.2) is 0 Å². The Morgan fingerprint density at radius 1 is 1.56 bits per heavy atom. The maximum Gasteiger partial charge on any atom is 0.0484 e.